The fourth-order valence-corrected chi connectivity index (χ4v) is 1.87. The van der Waals surface area contributed by atoms with E-state index in [-0.39, 0.29) is 41.8 Å². The first kappa shape index (κ1) is 21.6. The van der Waals surface area contributed by atoms with E-state index in [0.717, 1.165) is 30.4 Å². The second-order valence-corrected chi connectivity index (χ2v) is 4.53. The van der Waals surface area contributed by atoms with E-state index in [4.69, 9.17) is 4.74 Å². The van der Waals surface area contributed by atoms with Crippen molar-refractivity contribution >= 4 is 17.3 Å². The summed E-state index contributed by atoms with van der Waals surface area (Å²) in [6.45, 7) is 2.90. The Morgan fingerprint density at radius 3 is 2.38 bits per heavy atom. The topological polar surface area (TPSA) is 106 Å². The number of nitrogens with zero attached hydrogens (tertiary/aromatic N) is 1. The number of carbonyl (C=O) groups is 1. The summed E-state index contributed by atoms with van der Waals surface area (Å²) in [5, 5.41) is 22.4. The Hall–Kier alpha value is -2.35. The van der Waals surface area contributed by atoms with E-state index in [9.17, 15) is 20.0 Å². The number of halogens is 2. The van der Waals surface area contributed by atoms with Crippen molar-refractivity contribution in [2.75, 3.05) is 6.54 Å². The highest BCUT2D eigenvalue weighted by molar-refractivity contribution is 5.94. The van der Waals surface area contributed by atoms with Gasteiger partial charge in [0.1, 0.15) is 22.7 Å². The second-order valence-electron chi connectivity index (χ2n) is 4.53. The monoisotopic (exact) mass is 373 g/mol. The smallest absolute Gasteiger partial charge is 0.347 e. The van der Waals surface area contributed by atoms with Crippen LogP contribution in [0.3, 0.4) is 0 Å². The van der Waals surface area contributed by atoms with Gasteiger partial charge in [-0.1, -0.05) is 0 Å². The summed E-state index contributed by atoms with van der Waals surface area (Å²) in [4.78, 5) is 22.1. The number of nitrogens with two attached hydrogens (primary N) is 1. The van der Waals surface area contributed by atoms with Crippen LogP contribution in [0.2, 0.25) is 0 Å². The summed E-state index contributed by atoms with van der Waals surface area (Å²) in [6.07, 6.45) is 0. The number of benzene rings is 2. The molecule has 0 aliphatic heterocycles. The summed E-state index contributed by atoms with van der Waals surface area (Å²) < 4.78 is 5.11. The van der Waals surface area contributed by atoms with Crippen molar-refractivity contribution in [2.45, 2.75) is 6.92 Å². The van der Waals surface area contributed by atoms with Gasteiger partial charge in [-0.05, 0) is 25.1 Å². The van der Waals surface area contributed by atoms with Gasteiger partial charge in [-0.15, -0.1) is 0 Å². The lowest BCUT2D eigenvalue weighted by atomic mass is 10.2. The highest BCUT2D eigenvalue weighted by Gasteiger charge is 2.18. The van der Waals surface area contributed by atoms with Gasteiger partial charge in [0.25, 0.3) is 5.69 Å². The number of nitro groups is 1. The molecule has 0 saturated heterocycles. The molecule has 0 heterocycles. The van der Waals surface area contributed by atoms with Gasteiger partial charge in [0.2, 0.25) is 0 Å². The molecule has 0 spiro atoms. The van der Waals surface area contributed by atoms with Crippen molar-refractivity contribution in [3.63, 3.8) is 0 Å². The maximum Gasteiger partial charge on any atom is 0.347 e. The molecule has 0 atom stereocenters. The third-order valence-corrected chi connectivity index (χ3v) is 2.94. The van der Waals surface area contributed by atoms with Gasteiger partial charge in [0.05, 0.1) is 11.5 Å². The third kappa shape index (κ3) is 5.38. The maximum absolute atomic E-state index is 12.0. The molecule has 0 aliphatic carbocycles. The summed E-state index contributed by atoms with van der Waals surface area (Å²) >= 11 is 0. The van der Waals surface area contributed by atoms with Crippen LogP contribution in [-0.2, 0) is 0 Å². The fourth-order valence-electron chi connectivity index (χ4n) is 1.87. The molecule has 0 amide bonds. The zero-order chi connectivity index (χ0) is 16.1. The average Bonchev–Trinajstić information content (AvgIpc) is 2.49. The standard InChI is InChI=1S/C15H14N2O5.2ClH/c1-2-16-10-3-6-12(7-4-10)22-15(19)13-9-11(17(20)21)5-8-14(13)18;;/h3-9,16,18H,2H2,1H3;2*1H/p-1. The molecule has 2 rings (SSSR count). The zero-order valence-electron chi connectivity index (χ0n) is 12.6. The van der Waals surface area contributed by atoms with Gasteiger partial charge in [-0.25, -0.2) is 4.79 Å². The van der Waals surface area contributed by atoms with Crippen LogP contribution in [0.15, 0.2) is 42.5 Å². The second kappa shape index (κ2) is 9.71. The molecule has 2 aromatic carbocycles. The Labute approximate surface area is 150 Å². The van der Waals surface area contributed by atoms with Crippen molar-refractivity contribution in [3.05, 3.63) is 58.1 Å². The lowest BCUT2D eigenvalue weighted by Crippen LogP contribution is -3.00. The Balaban J connectivity index is 0.00000264. The van der Waals surface area contributed by atoms with Crippen molar-refractivity contribution in [3.8, 4) is 11.5 Å². The number of rotatable bonds is 5. The molecular formula is C15H15Cl2N2O5-. The lowest BCUT2D eigenvalue weighted by molar-refractivity contribution is -0.567. The van der Waals surface area contributed by atoms with Gasteiger partial charge < -0.3 is 40.0 Å². The summed E-state index contributed by atoms with van der Waals surface area (Å²) in [6, 6.07) is 10.0. The van der Waals surface area contributed by atoms with Crippen LogP contribution in [0.4, 0.5) is 11.4 Å². The predicted octanol–water partition coefficient (Wildman–Crippen LogP) is -4.26. The van der Waals surface area contributed by atoms with Crippen LogP contribution in [0.5, 0.6) is 11.5 Å². The quantitative estimate of drug-likeness (QED) is 0.181. The number of nitro benzene ring substituents is 1. The Morgan fingerprint density at radius 1 is 1.21 bits per heavy atom. The van der Waals surface area contributed by atoms with Crippen LogP contribution in [0.1, 0.15) is 17.3 Å². The molecule has 0 saturated carbocycles. The molecule has 0 fully saturated rings. The lowest BCUT2D eigenvalue weighted by Gasteiger charge is -2.06. The van der Waals surface area contributed by atoms with Gasteiger partial charge >= 0.3 is 5.97 Å². The van der Waals surface area contributed by atoms with E-state index in [0.29, 0.717) is 5.75 Å². The molecule has 0 unspecified atom stereocenters. The molecule has 7 nitrogen and oxygen atoms in total. The van der Waals surface area contributed by atoms with Crippen LogP contribution in [-0.4, -0.2) is 22.5 Å². The minimum Gasteiger partial charge on any atom is -1.00 e. The number of quaternary nitrogens is 1. The molecular weight excluding hydrogens is 359 g/mol. The molecule has 24 heavy (non-hydrogen) atoms. The molecule has 130 valence electrons. The van der Waals surface area contributed by atoms with Crippen molar-refractivity contribution in [2.24, 2.45) is 0 Å². The highest BCUT2D eigenvalue weighted by atomic mass is 35.5. The Bertz CT molecular complexity index is 708. The minimum atomic E-state index is -0.853. The van der Waals surface area contributed by atoms with E-state index in [2.05, 4.69) is 0 Å². The molecule has 2 aromatic rings. The van der Waals surface area contributed by atoms with E-state index in [1.165, 1.54) is 0 Å². The van der Waals surface area contributed by atoms with Crippen molar-refractivity contribution in [1.29, 1.82) is 0 Å². The van der Waals surface area contributed by atoms with Crippen LogP contribution < -0.4 is 34.9 Å². The van der Waals surface area contributed by atoms with Crippen LogP contribution >= 0.6 is 0 Å². The summed E-state index contributed by atoms with van der Waals surface area (Å²) in [5.41, 5.74) is 0.455. The Kier molecular flexibility index (Phi) is 8.76. The van der Waals surface area contributed by atoms with E-state index < -0.39 is 10.9 Å². The number of carbonyl (C=O) groups excluding carboxylic acids is 1. The normalized spacial score (nSPS) is 9.38. The predicted molar refractivity (Wildman–Crippen MR) is 78.3 cm³/mol. The average molecular weight is 374 g/mol. The minimum absolute atomic E-state index is 0. The largest absolute Gasteiger partial charge is 1.00 e. The van der Waals surface area contributed by atoms with E-state index in [1.54, 1.807) is 24.3 Å². The SMILES string of the molecule is CC[NH2+]c1ccc(OC(=O)c2cc([N+](=O)[O-])ccc2O)cc1.[Cl-].[Cl-]. The zero-order valence-corrected chi connectivity index (χ0v) is 14.1. The van der Waals surface area contributed by atoms with Crippen LogP contribution in [0.25, 0.3) is 0 Å². The molecule has 3 N–H and O–H groups in total. The number of aromatic hydroxyl groups is 1. The number of phenolic OH excluding ortho intramolecular Hbond substituents is 1. The molecule has 0 aliphatic rings. The number of hydrogen-bond donors (Lipinski definition) is 2. The third-order valence-electron chi connectivity index (χ3n) is 2.94. The van der Waals surface area contributed by atoms with E-state index >= 15 is 0 Å². The molecule has 0 radical (unpaired) electrons. The van der Waals surface area contributed by atoms with Gasteiger partial charge in [0.15, 0.2) is 0 Å². The van der Waals surface area contributed by atoms with Crippen LogP contribution in [0, 0.1) is 10.1 Å². The summed E-state index contributed by atoms with van der Waals surface area (Å²) in [5.74, 6) is -0.927. The first-order valence-corrected chi connectivity index (χ1v) is 6.64. The number of hydrogen-bond acceptors (Lipinski definition) is 5. The number of esters is 1. The molecule has 0 aromatic heterocycles. The van der Waals surface area contributed by atoms with Gasteiger partial charge in [-0.2, -0.15) is 0 Å². The molecule has 0 bridgehead atoms. The van der Waals surface area contributed by atoms with E-state index in [1.807, 2.05) is 12.2 Å². The Morgan fingerprint density at radius 2 is 1.83 bits per heavy atom. The number of ether oxygens (including phenoxy) is 1. The van der Waals surface area contributed by atoms with Crippen molar-refractivity contribution in [1.82, 2.24) is 0 Å². The number of non-ortho nitro benzene ring substituents is 1. The first-order valence-electron chi connectivity index (χ1n) is 6.64. The first-order chi connectivity index (χ1) is 10.5. The highest BCUT2D eigenvalue weighted by Crippen LogP contribution is 2.24. The number of phenols is 1. The summed E-state index contributed by atoms with van der Waals surface area (Å²) in [7, 11) is 0. The molecule has 9 heteroatoms. The van der Waals surface area contributed by atoms with Gasteiger partial charge in [-0.3, -0.25) is 10.1 Å². The van der Waals surface area contributed by atoms with Crippen molar-refractivity contribution < 1.29 is 49.7 Å². The fraction of sp³-hybridized carbons (Fsp3) is 0.133. The van der Waals surface area contributed by atoms with Gasteiger partial charge in [0, 0.05) is 24.3 Å². The maximum atomic E-state index is 12.0.